The lowest BCUT2D eigenvalue weighted by Gasteiger charge is -2.34. The van der Waals surface area contributed by atoms with E-state index in [0.29, 0.717) is 38.3 Å². The number of aryl methyl sites for hydroxylation is 2. The Labute approximate surface area is 204 Å². The van der Waals surface area contributed by atoms with Gasteiger partial charge in [-0.3, -0.25) is 4.79 Å². The summed E-state index contributed by atoms with van der Waals surface area (Å²) in [7, 11) is 0. The highest BCUT2D eigenvalue weighted by Crippen LogP contribution is 2.33. The van der Waals surface area contributed by atoms with Crippen molar-refractivity contribution in [3.63, 3.8) is 0 Å². The van der Waals surface area contributed by atoms with E-state index in [0.717, 1.165) is 22.3 Å². The van der Waals surface area contributed by atoms with Crippen LogP contribution in [0.2, 0.25) is 0 Å². The fourth-order valence-electron chi connectivity index (χ4n) is 4.19. The number of piperazine rings is 1. The molecule has 1 fully saturated rings. The van der Waals surface area contributed by atoms with E-state index in [1.165, 1.54) is 9.75 Å². The van der Waals surface area contributed by atoms with Crippen LogP contribution in [0.15, 0.2) is 18.3 Å². The number of hydrogen-bond acceptors (Lipinski definition) is 6. The standard InChI is InChI=1S/C25H33N5O3S/c1-15(2)14-33-25(32)29-9-7-28(8-10-29)24(31)20-12-22(19-11-17(5)34-18(19)6)27-23-21(20)13-26-30(23)16(3)4/h11-13,15-16H,7-10,14H2,1-6H3. The second-order valence-corrected chi connectivity index (χ2v) is 11.0. The second kappa shape index (κ2) is 9.74. The van der Waals surface area contributed by atoms with Gasteiger partial charge in [-0.15, -0.1) is 11.3 Å². The van der Waals surface area contributed by atoms with E-state index in [1.54, 1.807) is 22.4 Å². The second-order valence-electron chi connectivity index (χ2n) is 9.55. The van der Waals surface area contributed by atoms with E-state index in [-0.39, 0.29) is 24.0 Å². The van der Waals surface area contributed by atoms with E-state index in [4.69, 9.17) is 9.72 Å². The van der Waals surface area contributed by atoms with Crippen molar-refractivity contribution in [2.75, 3.05) is 32.8 Å². The predicted molar refractivity (Wildman–Crippen MR) is 134 cm³/mol. The summed E-state index contributed by atoms with van der Waals surface area (Å²) in [4.78, 5) is 36.8. The average Bonchev–Trinajstić information content (AvgIpc) is 3.38. The lowest BCUT2D eigenvalue weighted by molar-refractivity contribution is 0.0536. The van der Waals surface area contributed by atoms with Crippen LogP contribution in [0.4, 0.5) is 4.79 Å². The first kappa shape index (κ1) is 24.2. The predicted octanol–water partition coefficient (Wildman–Crippen LogP) is 4.91. The maximum atomic E-state index is 13.7. The molecule has 4 rings (SSSR count). The van der Waals surface area contributed by atoms with E-state index in [1.807, 2.05) is 29.5 Å². The molecule has 0 atom stereocenters. The number of pyridine rings is 1. The quantitative estimate of drug-likeness (QED) is 0.515. The van der Waals surface area contributed by atoms with Gasteiger partial charge in [0.2, 0.25) is 0 Å². The van der Waals surface area contributed by atoms with Crippen molar-refractivity contribution in [2.24, 2.45) is 5.92 Å². The number of carbonyl (C=O) groups is 2. The molecule has 1 saturated heterocycles. The molecular weight excluding hydrogens is 450 g/mol. The maximum absolute atomic E-state index is 13.7. The van der Waals surface area contributed by atoms with Crippen LogP contribution in [-0.2, 0) is 4.74 Å². The van der Waals surface area contributed by atoms with Crippen LogP contribution in [0.5, 0.6) is 0 Å². The Bertz CT molecular complexity index is 1200. The van der Waals surface area contributed by atoms with Crippen molar-refractivity contribution in [1.29, 1.82) is 0 Å². The molecule has 0 saturated carbocycles. The Balaban J connectivity index is 1.63. The van der Waals surface area contributed by atoms with Gasteiger partial charge in [-0.2, -0.15) is 5.10 Å². The summed E-state index contributed by atoms with van der Waals surface area (Å²) in [6, 6.07) is 4.14. The van der Waals surface area contributed by atoms with Gasteiger partial charge in [-0.05, 0) is 45.7 Å². The van der Waals surface area contributed by atoms with Crippen molar-refractivity contribution >= 4 is 34.4 Å². The van der Waals surface area contributed by atoms with Gasteiger partial charge in [-0.1, -0.05) is 13.8 Å². The van der Waals surface area contributed by atoms with Gasteiger partial charge in [0.25, 0.3) is 5.91 Å². The minimum atomic E-state index is -0.309. The topological polar surface area (TPSA) is 80.6 Å². The van der Waals surface area contributed by atoms with Gasteiger partial charge in [0.15, 0.2) is 5.65 Å². The average molecular weight is 484 g/mol. The molecule has 2 amide bonds. The summed E-state index contributed by atoms with van der Waals surface area (Å²) in [5, 5.41) is 5.29. The molecular formula is C25H33N5O3S. The molecule has 34 heavy (non-hydrogen) atoms. The third-order valence-corrected chi connectivity index (χ3v) is 6.93. The minimum absolute atomic E-state index is 0.0586. The fourth-order valence-corrected chi connectivity index (χ4v) is 5.12. The number of carbonyl (C=O) groups excluding carboxylic acids is 2. The smallest absolute Gasteiger partial charge is 0.409 e. The van der Waals surface area contributed by atoms with Crippen LogP contribution in [0.3, 0.4) is 0 Å². The molecule has 0 bridgehead atoms. The molecule has 1 aliphatic heterocycles. The van der Waals surface area contributed by atoms with Gasteiger partial charge >= 0.3 is 6.09 Å². The van der Waals surface area contributed by atoms with Crippen LogP contribution >= 0.6 is 11.3 Å². The molecule has 0 radical (unpaired) electrons. The van der Waals surface area contributed by atoms with Crippen LogP contribution in [0.1, 0.15) is 53.8 Å². The van der Waals surface area contributed by atoms with Gasteiger partial charge in [0.1, 0.15) is 0 Å². The Hall–Kier alpha value is -2.94. The van der Waals surface area contributed by atoms with Crippen LogP contribution in [-0.4, -0.2) is 69.4 Å². The van der Waals surface area contributed by atoms with Gasteiger partial charge in [0, 0.05) is 47.5 Å². The molecule has 0 aliphatic carbocycles. The summed E-state index contributed by atoms with van der Waals surface area (Å²) in [6.07, 6.45) is 1.43. The molecule has 1 aliphatic rings. The molecule has 8 nitrogen and oxygen atoms in total. The lowest BCUT2D eigenvalue weighted by atomic mass is 10.1. The van der Waals surface area contributed by atoms with Gasteiger partial charge < -0.3 is 14.5 Å². The highest BCUT2D eigenvalue weighted by Gasteiger charge is 2.28. The Kier molecular flexibility index (Phi) is 6.93. The first-order valence-electron chi connectivity index (χ1n) is 11.8. The first-order valence-corrected chi connectivity index (χ1v) is 12.6. The Morgan fingerprint density at radius 2 is 1.74 bits per heavy atom. The maximum Gasteiger partial charge on any atom is 0.409 e. The number of ether oxygens (including phenoxy) is 1. The normalized spacial score (nSPS) is 14.5. The molecule has 3 aromatic heterocycles. The molecule has 4 heterocycles. The number of nitrogens with zero attached hydrogens (tertiary/aromatic N) is 5. The fraction of sp³-hybridized carbons (Fsp3) is 0.520. The van der Waals surface area contributed by atoms with Crippen molar-refractivity contribution in [3.05, 3.63) is 33.6 Å². The van der Waals surface area contributed by atoms with Crippen LogP contribution in [0, 0.1) is 19.8 Å². The number of amides is 2. The monoisotopic (exact) mass is 483 g/mol. The lowest BCUT2D eigenvalue weighted by Crippen LogP contribution is -2.50. The number of aromatic nitrogens is 3. The summed E-state index contributed by atoms with van der Waals surface area (Å²) in [5.74, 6) is 0.231. The van der Waals surface area contributed by atoms with Crippen molar-refractivity contribution in [2.45, 2.75) is 47.6 Å². The summed E-state index contributed by atoms with van der Waals surface area (Å²) in [6.45, 7) is 14.5. The Morgan fingerprint density at radius 1 is 1.06 bits per heavy atom. The van der Waals surface area contributed by atoms with Gasteiger partial charge in [0.05, 0.1) is 29.4 Å². The van der Waals surface area contributed by atoms with Crippen molar-refractivity contribution in [1.82, 2.24) is 24.6 Å². The van der Waals surface area contributed by atoms with E-state index in [2.05, 4.69) is 38.9 Å². The molecule has 182 valence electrons. The Morgan fingerprint density at radius 3 is 2.32 bits per heavy atom. The summed E-state index contributed by atoms with van der Waals surface area (Å²) < 4.78 is 7.22. The number of hydrogen-bond donors (Lipinski definition) is 0. The highest BCUT2D eigenvalue weighted by atomic mass is 32.1. The van der Waals surface area contributed by atoms with Gasteiger partial charge in [-0.25, -0.2) is 14.5 Å². The highest BCUT2D eigenvalue weighted by molar-refractivity contribution is 7.12. The molecule has 3 aromatic rings. The minimum Gasteiger partial charge on any atom is -0.449 e. The zero-order valence-corrected chi connectivity index (χ0v) is 21.6. The zero-order chi connectivity index (χ0) is 24.6. The van der Waals surface area contributed by atoms with Crippen LogP contribution < -0.4 is 0 Å². The van der Waals surface area contributed by atoms with Crippen molar-refractivity contribution in [3.8, 4) is 11.3 Å². The largest absolute Gasteiger partial charge is 0.449 e. The van der Waals surface area contributed by atoms with E-state index >= 15 is 0 Å². The summed E-state index contributed by atoms with van der Waals surface area (Å²) in [5.41, 5.74) is 3.16. The number of thiophene rings is 1. The molecule has 9 heteroatoms. The third-order valence-electron chi connectivity index (χ3n) is 5.97. The van der Waals surface area contributed by atoms with Crippen molar-refractivity contribution < 1.29 is 14.3 Å². The van der Waals surface area contributed by atoms with E-state index in [9.17, 15) is 9.59 Å². The number of rotatable bonds is 5. The zero-order valence-electron chi connectivity index (χ0n) is 20.8. The summed E-state index contributed by atoms with van der Waals surface area (Å²) >= 11 is 1.73. The number of fused-ring (bicyclic) bond motifs is 1. The molecule has 0 spiro atoms. The molecule has 0 aromatic carbocycles. The third kappa shape index (κ3) is 4.80. The first-order chi connectivity index (χ1) is 16.2. The molecule has 0 N–H and O–H groups in total. The molecule has 0 unspecified atom stereocenters. The van der Waals surface area contributed by atoms with Crippen LogP contribution in [0.25, 0.3) is 22.3 Å². The van der Waals surface area contributed by atoms with E-state index < -0.39 is 0 Å². The SMILES string of the molecule is Cc1cc(-c2cc(C(=O)N3CCN(C(=O)OCC(C)C)CC3)c3cnn(C(C)C)c3n2)c(C)s1.